The Morgan fingerprint density at radius 2 is 1.80 bits per heavy atom. The minimum Gasteiger partial charge on any atom is -0.395 e. The zero-order valence-electron chi connectivity index (χ0n) is 34.2. The number of aryl methyl sites for hydroxylation is 2. The summed E-state index contributed by atoms with van der Waals surface area (Å²) in [7, 11) is 5.01. The van der Waals surface area contributed by atoms with E-state index in [0.29, 0.717) is 50.0 Å². The molecular weight excluding hydrogens is 760 g/mol. The number of nitrogen functional groups attached to an aromatic ring is 1. The van der Waals surface area contributed by atoms with Gasteiger partial charge in [0, 0.05) is 94.6 Å². The summed E-state index contributed by atoms with van der Waals surface area (Å²) in [4.78, 5) is 55.0. The Morgan fingerprint density at radius 3 is 2.46 bits per heavy atom. The van der Waals surface area contributed by atoms with E-state index in [9.17, 15) is 27.6 Å². The van der Waals surface area contributed by atoms with Gasteiger partial charge in [0.25, 0.3) is 0 Å². The fourth-order valence-corrected chi connectivity index (χ4v) is 8.01. The molecular formula is C44H52F3N9O3. The molecule has 1 aliphatic heterocycles. The molecule has 0 bridgehead atoms. The number of pyridine rings is 2. The molecule has 1 saturated heterocycles. The number of Topliss-reactive ketones (excluding diaryl/α,β-unsaturated/α-hetero) is 1. The second-order valence-corrected chi connectivity index (χ2v) is 16.6. The minimum absolute atomic E-state index is 0.00836. The van der Waals surface area contributed by atoms with Crippen molar-refractivity contribution in [3.63, 3.8) is 0 Å². The Labute approximate surface area is 341 Å². The van der Waals surface area contributed by atoms with E-state index < -0.39 is 28.7 Å². The molecule has 4 aromatic rings. The highest BCUT2D eigenvalue weighted by Gasteiger charge is 2.65. The zero-order chi connectivity index (χ0) is 42.7. The van der Waals surface area contributed by atoms with Gasteiger partial charge in [0.2, 0.25) is 11.5 Å². The van der Waals surface area contributed by atoms with Crippen LogP contribution >= 0.6 is 0 Å². The number of amides is 1. The van der Waals surface area contributed by atoms with Crippen molar-refractivity contribution in [1.29, 1.82) is 0 Å². The molecule has 1 spiro atoms. The topological polar surface area (TPSA) is 167 Å². The van der Waals surface area contributed by atoms with E-state index in [2.05, 4.69) is 32.2 Å². The van der Waals surface area contributed by atoms with Crippen molar-refractivity contribution in [2.24, 2.45) is 40.6 Å². The van der Waals surface area contributed by atoms with Crippen LogP contribution in [0.25, 0.3) is 11.1 Å². The Kier molecular flexibility index (Phi) is 12.4. The van der Waals surface area contributed by atoms with E-state index >= 15 is 0 Å². The van der Waals surface area contributed by atoms with Crippen molar-refractivity contribution in [2.75, 3.05) is 25.9 Å². The van der Waals surface area contributed by atoms with Gasteiger partial charge >= 0.3 is 6.18 Å². The maximum atomic E-state index is 14.3. The summed E-state index contributed by atoms with van der Waals surface area (Å²) >= 11 is 0. The molecule has 1 aliphatic carbocycles. The number of nitrogens with zero attached hydrogens (tertiary/aromatic N) is 7. The van der Waals surface area contributed by atoms with E-state index in [0.717, 1.165) is 40.3 Å². The second kappa shape index (κ2) is 17.2. The average Bonchev–Trinajstić information content (AvgIpc) is 3.65. The highest BCUT2D eigenvalue weighted by Crippen LogP contribution is 2.65. The third-order valence-electron chi connectivity index (χ3n) is 11.6. The third-order valence-corrected chi connectivity index (χ3v) is 11.6. The van der Waals surface area contributed by atoms with Crippen molar-refractivity contribution in [2.45, 2.75) is 76.9 Å². The first-order valence-corrected chi connectivity index (χ1v) is 19.8. The van der Waals surface area contributed by atoms with Gasteiger partial charge in [0.05, 0.1) is 23.4 Å². The summed E-state index contributed by atoms with van der Waals surface area (Å²) in [5.74, 6) is 0.489. The number of unbranched alkanes of at least 4 members (excludes halogenated alkanes) is 1. The van der Waals surface area contributed by atoms with Gasteiger partial charge in [-0.3, -0.25) is 29.1 Å². The van der Waals surface area contributed by atoms with Gasteiger partial charge in [0.1, 0.15) is 11.5 Å². The molecule has 59 heavy (non-hydrogen) atoms. The van der Waals surface area contributed by atoms with Crippen LogP contribution in [0.1, 0.15) is 80.5 Å². The van der Waals surface area contributed by atoms with Gasteiger partial charge in [-0.2, -0.15) is 18.3 Å². The van der Waals surface area contributed by atoms with Crippen LogP contribution in [0.3, 0.4) is 0 Å². The van der Waals surface area contributed by atoms with E-state index in [-0.39, 0.29) is 41.8 Å². The first-order valence-electron chi connectivity index (χ1n) is 19.8. The van der Waals surface area contributed by atoms with Crippen LogP contribution < -0.4 is 17.0 Å². The fourth-order valence-electron chi connectivity index (χ4n) is 8.01. The van der Waals surface area contributed by atoms with Gasteiger partial charge in [-0.25, -0.2) is 4.98 Å². The number of benzene rings is 1. The van der Waals surface area contributed by atoms with Crippen LogP contribution in [0, 0.1) is 10.8 Å². The summed E-state index contributed by atoms with van der Waals surface area (Å²) in [5.41, 5.74) is 13.8. The number of carbonyl (C=O) groups excluding carboxylic acids is 2. The number of halogens is 3. The van der Waals surface area contributed by atoms with Crippen molar-refractivity contribution in [3.8, 4) is 11.1 Å². The Hall–Kier alpha value is -5.86. The zero-order valence-corrected chi connectivity index (χ0v) is 34.2. The normalized spacial score (nSPS) is 19.3. The molecule has 3 aromatic heterocycles. The van der Waals surface area contributed by atoms with E-state index in [1.54, 1.807) is 35.2 Å². The summed E-state index contributed by atoms with van der Waals surface area (Å²) < 4.78 is 43.1. The molecule has 2 fully saturated rings. The molecule has 0 radical (unpaired) electrons. The molecule has 1 aromatic carbocycles. The highest BCUT2D eigenvalue weighted by molar-refractivity contribution is 6.09. The van der Waals surface area contributed by atoms with Crippen LogP contribution in [0.4, 0.5) is 19.0 Å². The number of rotatable bonds is 16. The summed E-state index contributed by atoms with van der Waals surface area (Å²) in [6, 6.07) is 12.2. The van der Waals surface area contributed by atoms with Crippen LogP contribution in [-0.4, -0.2) is 80.2 Å². The van der Waals surface area contributed by atoms with Gasteiger partial charge in [-0.1, -0.05) is 44.5 Å². The second-order valence-electron chi connectivity index (χ2n) is 16.6. The lowest BCUT2D eigenvalue weighted by Crippen LogP contribution is -2.44. The number of aliphatic imine (C=N–C) groups is 2. The van der Waals surface area contributed by atoms with Gasteiger partial charge in [-0.05, 0) is 71.9 Å². The fraction of sp³-hybridized carbons (Fsp3) is 0.432. The number of aromatic nitrogens is 4. The number of hydrogen-bond donors (Lipinski definition) is 2. The van der Waals surface area contributed by atoms with E-state index in [1.807, 2.05) is 45.3 Å². The van der Waals surface area contributed by atoms with E-state index in [4.69, 9.17) is 11.5 Å². The number of carbonyl (C=O) groups is 2. The molecule has 3 atom stereocenters. The lowest BCUT2D eigenvalue weighted by Gasteiger charge is -2.28. The van der Waals surface area contributed by atoms with Gasteiger partial charge in [-0.15, -0.1) is 0 Å². The molecule has 4 N–H and O–H groups in total. The summed E-state index contributed by atoms with van der Waals surface area (Å²) in [6.07, 6.45) is 8.43. The number of alkyl halides is 3. The average molecular weight is 812 g/mol. The molecule has 1 saturated carbocycles. The molecule has 1 amide bonds. The molecule has 4 heterocycles. The maximum absolute atomic E-state index is 14.3. The smallest absolute Gasteiger partial charge is 0.395 e. The quantitative estimate of drug-likeness (QED) is 0.101. The standard InChI is InChI=1S/C44H52F3N9O3/c1-42(2,27-52-35(20-38(48)44(45,46)47)31-13-14-39(58)54(4)26-31)15-7-6-8-37(57)36(18-28-22-53-55(5)25-28)56-17-16-43(41(56)59)21-34(43)30-11-9-29(10-12-30)32-19-33(23-50-3)40(49)51-24-32/h9-14,19-20,22-26,34,36H,6-8,15-18,21,27,48H2,1-5H3,(H2,49,51)/b38-20-,50-23?,52-35?. The molecule has 2 aliphatic rings. The largest absolute Gasteiger partial charge is 0.430 e. The number of allylic oxidation sites excluding steroid dienone is 2. The molecule has 6 rings (SSSR count). The maximum Gasteiger partial charge on any atom is 0.430 e. The number of anilines is 1. The molecule has 15 heteroatoms. The predicted molar refractivity (Wildman–Crippen MR) is 223 cm³/mol. The first-order chi connectivity index (χ1) is 27.9. The number of hydrogen-bond acceptors (Lipinski definition) is 9. The predicted octanol–water partition coefficient (Wildman–Crippen LogP) is 6.18. The Morgan fingerprint density at radius 1 is 1.05 bits per heavy atom. The Bertz CT molecular complexity index is 2340. The van der Waals surface area contributed by atoms with Crippen molar-refractivity contribution in [1.82, 2.24) is 24.2 Å². The van der Waals surface area contributed by atoms with Crippen LogP contribution in [-0.2, 0) is 30.1 Å². The lowest BCUT2D eigenvalue weighted by atomic mass is 9.86. The van der Waals surface area contributed by atoms with E-state index in [1.165, 1.54) is 29.9 Å². The van der Waals surface area contributed by atoms with Crippen molar-refractivity contribution < 1.29 is 22.8 Å². The van der Waals surface area contributed by atoms with Crippen LogP contribution in [0.5, 0.6) is 0 Å². The summed E-state index contributed by atoms with van der Waals surface area (Å²) in [6.45, 7) is 4.62. The number of nitrogens with two attached hydrogens (primary N) is 2. The SMILES string of the molecule is CN=Cc1cc(-c2ccc(C3CC34CCN(C(Cc3cnn(C)c3)C(=O)CCCCC(C)(C)CN=C(/C=C(\N)C(F)(F)F)c3ccc(=O)n(C)c3)C4=O)cc2)cnc1N. The van der Waals surface area contributed by atoms with Gasteiger partial charge < -0.3 is 20.9 Å². The highest BCUT2D eigenvalue weighted by atomic mass is 19.4. The van der Waals surface area contributed by atoms with Crippen molar-refractivity contribution >= 4 is 29.4 Å². The van der Waals surface area contributed by atoms with Crippen LogP contribution in [0.2, 0.25) is 0 Å². The van der Waals surface area contributed by atoms with Crippen molar-refractivity contribution in [3.05, 3.63) is 112 Å². The molecule has 312 valence electrons. The first kappa shape index (κ1) is 42.7. The molecule has 12 nitrogen and oxygen atoms in total. The minimum atomic E-state index is -4.74. The molecule has 3 unspecified atom stereocenters. The third kappa shape index (κ3) is 9.89. The monoisotopic (exact) mass is 811 g/mol. The van der Waals surface area contributed by atoms with Crippen LogP contribution in [0.15, 0.2) is 93.8 Å². The number of ketones is 1. The van der Waals surface area contributed by atoms with Gasteiger partial charge in [0.15, 0.2) is 5.78 Å². The number of likely N-dealkylation sites (tertiary alicyclic amines) is 1. The lowest BCUT2D eigenvalue weighted by molar-refractivity contribution is -0.139. The Balaban J connectivity index is 1.10. The summed E-state index contributed by atoms with van der Waals surface area (Å²) in [5, 5.41) is 4.30.